The van der Waals surface area contributed by atoms with Crippen molar-refractivity contribution in [2.24, 2.45) is 5.92 Å². The maximum Gasteiger partial charge on any atom is 0.293 e. The summed E-state index contributed by atoms with van der Waals surface area (Å²) < 4.78 is 0. The maximum atomic E-state index is 12.4. The lowest BCUT2D eigenvalue weighted by molar-refractivity contribution is -0.385. The molecule has 3 atom stereocenters. The van der Waals surface area contributed by atoms with Crippen molar-refractivity contribution >= 4 is 23.0 Å². The van der Waals surface area contributed by atoms with Crippen molar-refractivity contribution in [3.8, 4) is 5.75 Å². The molecule has 24 heavy (non-hydrogen) atoms. The number of allylic oxidation sites excluding steroid dienone is 2. The highest BCUT2D eigenvalue weighted by Gasteiger charge is 2.42. The molecule has 1 aliphatic carbocycles. The first kappa shape index (κ1) is 15.0. The number of rotatable bonds is 2. The van der Waals surface area contributed by atoms with E-state index in [2.05, 4.69) is 5.32 Å². The highest BCUT2D eigenvalue weighted by molar-refractivity contribution is 6.33. The molecule has 0 amide bonds. The molecule has 2 aromatic carbocycles. The van der Waals surface area contributed by atoms with Crippen molar-refractivity contribution in [3.63, 3.8) is 0 Å². The number of nitrogens with zero attached hydrogens (tertiary/aromatic N) is 1. The molecule has 0 fully saturated rings. The van der Waals surface area contributed by atoms with E-state index in [1.165, 1.54) is 0 Å². The summed E-state index contributed by atoms with van der Waals surface area (Å²) in [5, 5.41) is 27.1. The minimum Gasteiger partial charge on any atom is -0.871 e. The van der Waals surface area contributed by atoms with Gasteiger partial charge in [-0.1, -0.05) is 59.8 Å². The third-order valence-electron chi connectivity index (χ3n) is 4.87. The lowest BCUT2D eigenvalue weighted by Crippen LogP contribution is -2.30. The van der Waals surface area contributed by atoms with Gasteiger partial charge in [0.1, 0.15) is 5.02 Å². The van der Waals surface area contributed by atoms with Crippen LogP contribution in [-0.4, -0.2) is 4.92 Å². The number of hydrogen-bond donors (Lipinski definition) is 1. The van der Waals surface area contributed by atoms with Crippen LogP contribution in [0.2, 0.25) is 5.02 Å². The molecule has 2 aromatic rings. The Morgan fingerprint density at radius 1 is 1.25 bits per heavy atom. The lowest BCUT2D eigenvalue weighted by Gasteiger charge is -2.39. The van der Waals surface area contributed by atoms with Crippen LogP contribution in [0.5, 0.6) is 5.75 Å². The summed E-state index contributed by atoms with van der Waals surface area (Å²) in [5.41, 5.74) is 1.63. The Morgan fingerprint density at radius 3 is 2.71 bits per heavy atom. The fraction of sp³-hybridized carbons (Fsp3) is 0.222. The van der Waals surface area contributed by atoms with Gasteiger partial charge in [0.05, 0.1) is 16.5 Å². The van der Waals surface area contributed by atoms with E-state index in [9.17, 15) is 15.2 Å². The second-order valence-electron chi connectivity index (χ2n) is 6.14. The molecule has 0 bridgehead atoms. The molecule has 0 radical (unpaired) electrons. The summed E-state index contributed by atoms with van der Waals surface area (Å²) in [6.45, 7) is 0. The quantitative estimate of drug-likeness (QED) is 0.505. The standard InChI is InChI=1S/C18H15ClN2O3/c19-13-9-14(22)17-15(18(13)21(23)24)11-7-4-8-12(11)16(20-17)10-5-2-1-3-6-10/h1-7,9,11-12,16,20,22H,8H2/p-1/t11-,12-,16-/m1/s1. The first-order valence-corrected chi connectivity index (χ1v) is 8.11. The smallest absolute Gasteiger partial charge is 0.293 e. The SMILES string of the molecule is O=[N+]([O-])c1c(Cl)cc([O-])c2c1[C@@H]1C=CC[C@H]1[C@@H](c1ccccc1)N2. The largest absolute Gasteiger partial charge is 0.871 e. The third-order valence-corrected chi connectivity index (χ3v) is 5.16. The number of nitro groups is 1. The van der Waals surface area contributed by atoms with Crippen LogP contribution in [0, 0.1) is 16.0 Å². The molecule has 1 aliphatic heterocycles. The molecule has 2 aliphatic rings. The molecule has 0 spiro atoms. The average molecular weight is 342 g/mol. The van der Waals surface area contributed by atoms with E-state index in [0.29, 0.717) is 11.3 Å². The highest BCUT2D eigenvalue weighted by Crippen LogP contribution is 2.55. The topological polar surface area (TPSA) is 78.2 Å². The van der Waals surface area contributed by atoms with Crippen LogP contribution in [0.25, 0.3) is 0 Å². The van der Waals surface area contributed by atoms with Gasteiger partial charge < -0.3 is 10.4 Å². The fourth-order valence-electron chi connectivity index (χ4n) is 3.87. The molecule has 0 saturated heterocycles. The summed E-state index contributed by atoms with van der Waals surface area (Å²) in [4.78, 5) is 11.0. The van der Waals surface area contributed by atoms with Gasteiger partial charge >= 0.3 is 0 Å². The molecular weight excluding hydrogens is 328 g/mol. The van der Waals surface area contributed by atoms with Gasteiger partial charge in [-0.25, -0.2) is 0 Å². The zero-order valence-electron chi connectivity index (χ0n) is 12.6. The number of fused-ring (bicyclic) bond motifs is 3. The lowest BCUT2D eigenvalue weighted by atomic mass is 9.76. The van der Waals surface area contributed by atoms with Crippen molar-refractivity contribution in [2.45, 2.75) is 18.4 Å². The second-order valence-corrected chi connectivity index (χ2v) is 6.54. The molecule has 0 aromatic heterocycles. The Hall–Kier alpha value is -2.53. The number of nitro benzene ring substituents is 1. The maximum absolute atomic E-state index is 12.4. The van der Waals surface area contributed by atoms with E-state index in [0.717, 1.165) is 18.1 Å². The molecule has 6 heteroatoms. The normalized spacial score (nSPS) is 24.1. The fourth-order valence-corrected chi connectivity index (χ4v) is 4.14. The number of benzene rings is 2. The Bertz CT molecular complexity index is 851. The first-order chi connectivity index (χ1) is 11.6. The molecule has 0 unspecified atom stereocenters. The first-order valence-electron chi connectivity index (χ1n) is 7.74. The summed E-state index contributed by atoms with van der Waals surface area (Å²) >= 11 is 6.01. The predicted octanol–water partition coefficient (Wildman–Crippen LogP) is 4.15. The van der Waals surface area contributed by atoms with Crippen molar-refractivity contribution in [2.75, 3.05) is 5.32 Å². The van der Waals surface area contributed by atoms with E-state index in [1.54, 1.807) is 0 Å². The van der Waals surface area contributed by atoms with Gasteiger partial charge in [0, 0.05) is 11.6 Å². The molecule has 1 N–H and O–H groups in total. The monoisotopic (exact) mass is 341 g/mol. The minimum absolute atomic E-state index is 0.0628. The Labute approximate surface area is 143 Å². The van der Waals surface area contributed by atoms with Gasteiger partial charge in [-0.2, -0.15) is 0 Å². The Kier molecular flexibility index (Phi) is 3.46. The molecule has 0 saturated carbocycles. The van der Waals surface area contributed by atoms with E-state index in [4.69, 9.17) is 11.6 Å². The molecule has 122 valence electrons. The van der Waals surface area contributed by atoms with Gasteiger partial charge in [-0.15, -0.1) is 0 Å². The van der Waals surface area contributed by atoms with Crippen molar-refractivity contribution in [1.29, 1.82) is 0 Å². The van der Waals surface area contributed by atoms with Crippen molar-refractivity contribution < 1.29 is 10.0 Å². The van der Waals surface area contributed by atoms with Crippen molar-refractivity contribution in [3.05, 3.63) is 74.8 Å². The summed E-state index contributed by atoms with van der Waals surface area (Å²) in [6, 6.07) is 10.9. The van der Waals surface area contributed by atoms with Crippen molar-refractivity contribution in [1.82, 2.24) is 0 Å². The minimum atomic E-state index is -0.492. The zero-order valence-corrected chi connectivity index (χ0v) is 13.4. The van der Waals surface area contributed by atoms with Crippen LogP contribution in [0.15, 0.2) is 48.6 Å². The average Bonchev–Trinajstić information content (AvgIpc) is 3.04. The number of halogens is 1. The van der Waals surface area contributed by atoms with E-state index in [-0.39, 0.29) is 34.3 Å². The summed E-state index contributed by atoms with van der Waals surface area (Å²) in [5.74, 6) is -0.366. The summed E-state index contributed by atoms with van der Waals surface area (Å²) in [7, 11) is 0. The zero-order chi connectivity index (χ0) is 16.8. The number of nitrogens with one attached hydrogen (secondary N) is 1. The van der Waals surface area contributed by atoms with Crippen LogP contribution >= 0.6 is 11.6 Å². The molecule has 1 heterocycles. The van der Waals surface area contributed by atoms with Gasteiger partial charge in [-0.3, -0.25) is 10.1 Å². The molecule has 4 rings (SSSR count). The van der Waals surface area contributed by atoms with E-state index >= 15 is 0 Å². The van der Waals surface area contributed by atoms with Crippen LogP contribution in [-0.2, 0) is 0 Å². The highest BCUT2D eigenvalue weighted by atomic mass is 35.5. The van der Waals surface area contributed by atoms with Crippen LogP contribution in [0.3, 0.4) is 0 Å². The predicted molar refractivity (Wildman–Crippen MR) is 90.3 cm³/mol. The Balaban J connectivity index is 1.92. The van der Waals surface area contributed by atoms with Crippen LogP contribution < -0.4 is 10.4 Å². The molecular formula is C18H14ClN2O3-. The van der Waals surface area contributed by atoms with Gasteiger partial charge in [0.2, 0.25) is 0 Å². The Morgan fingerprint density at radius 2 is 2.00 bits per heavy atom. The third kappa shape index (κ3) is 2.16. The van der Waals surface area contributed by atoms with Crippen LogP contribution in [0.4, 0.5) is 11.4 Å². The number of hydrogen-bond acceptors (Lipinski definition) is 4. The number of anilines is 1. The van der Waals surface area contributed by atoms with E-state index in [1.807, 2.05) is 42.5 Å². The summed E-state index contributed by atoms with van der Waals surface area (Å²) in [6.07, 6.45) is 4.79. The van der Waals surface area contributed by atoms with Gasteiger partial charge in [-0.05, 0) is 24.0 Å². The molecule has 5 nitrogen and oxygen atoms in total. The van der Waals surface area contributed by atoms with Crippen LogP contribution in [0.1, 0.15) is 29.5 Å². The van der Waals surface area contributed by atoms with Gasteiger partial charge in [0.25, 0.3) is 5.69 Å². The second kappa shape index (κ2) is 5.53. The van der Waals surface area contributed by atoms with E-state index < -0.39 is 4.92 Å². The van der Waals surface area contributed by atoms with Gasteiger partial charge in [0.15, 0.2) is 0 Å².